The molecule has 4 aromatic rings. The molecule has 0 saturated carbocycles. The van der Waals surface area contributed by atoms with Crippen LogP contribution in [-0.4, -0.2) is 17.2 Å². The summed E-state index contributed by atoms with van der Waals surface area (Å²) in [4.78, 5) is 16.9. The smallest absolute Gasteiger partial charge is 0.291 e. The van der Waals surface area contributed by atoms with Gasteiger partial charge in [-0.2, -0.15) is 0 Å². The molecule has 5 nitrogen and oxygen atoms in total. The highest BCUT2D eigenvalue weighted by Gasteiger charge is 2.13. The predicted octanol–water partition coefficient (Wildman–Crippen LogP) is 6.21. The lowest BCUT2D eigenvalue weighted by atomic mass is 10.1. The Bertz CT molecular complexity index is 1210. The van der Waals surface area contributed by atoms with Crippen LogP contribution >= 0.6 is 15.9 Å². The molecule has 1 aromatic heterocycles. The van der Waals surface area contributed by atoms with Crippen molar-refractivity contribution in [2.75, 3.05) is 5.32 Å². The number of hydrogen-bond donors (Lipinski definition) is 2. The lowest BCUT2D eigenvalue weighted by Gasteiger charge is -2.08. The lowest BCUT2D eigenvalue weighted by molar-refractivity contribution is 0.0998. The van der Waals surface area contributed by atoms with E-state index in [0.29, 0.717) is 22.5 Å². The molecule has 0 aliphatic rings. The number of phenolic OH excluding ortho intramolecular Hbond substituents is 1. The number of aromatic hydroxyl groups is 1. The Morgan fingerprint density at radius 3 is 2.72 bits per heavy atom. The summed E-state index contributed by atoms with van der Waals surface area (Å²) in [6.07, 6.45) is 1.60. The fraction of sp³-hybridized carbons (Fsp3) is 0.0435. The molecule has 0 bridgehead atoms. The van der Waals surface area contributed by atoms with Crippen molar-refractivity contribution in [2.24, 2.45) is 4.99 Å². The van der Waals surface area contributed by atoms with Crippen molar-refractivity contribution in [3.05, 3.63) is 88.1 Å². The van der Waals surface area contributed by atoms with Gasteiger partial charge in [0.1, 0.15) is 11.3 Å². The Morgan fingerprint density at radius 1 is 1.10 bits per heavy atom. The predicted molar refractivity (Wildman–Crippen MR) is 118 cm³/mol. The number of aryl methyl sites for hydroxylation is 1. The van der Waals surface area contributed by atoms with Crippen LogP contribution in [0.15, 0.2) is 80.6 Å². The number of nitrogens with zero attached hydrogens (tertiary/aromatic N) is 1. The van der Waals surface area contributed by atoms with Gasteiger partial charge >= 0.3 is 0 Å². The average molecular weight is 449 g/mol. The number of anilines is 1. The van der Waals surface area contributed by atoms with E-state index in [1.54, 1.807) is 42.6 Å². The Hall–Kier alpha value is -3.38. The summed E-state index contributed by atoms with van der Waals surface area (Å²) in [6, 6.07) is 19.8. The molecule has 0 radical (unpaired) electrons. The molecule has 3 aromatic carbocycles. The summed E-state index contributed by atoms with van der Waals surface area (Å²) in [5.74, 6) is 0.112. The second-order valence-electron chi connectivity index (χ2n) is 6.56. The first kappa shape index (κ1) is 19.0. The van der Waals surface area contributed by atoms with Gasteiger partial charge in [-0.3, -0.25) is 9.79 Å². The summed E-state index contributed by atoms with van der Waals surface area (Å²) in [6.45, 7) is 1.89. The maximum atomic E-state index is 12.5. The minimum Gasteiger partial charge on any atom is -0.507 e. The Balaban J connectivity index is 1.51. The third kappa shape index (κ3) is 4.22. The zero-order chi connectivity index (χ0) is 20.4. The van der Waals surface area contributed by atoms with Crippen LogP contribution in [-0.2, 0) is 0 Å². The first-order valence-electron chi connectivity index (χ1n) is 8.93. The van der Waals surface area contributed by atoms with Gasteiger partial charge in [0.2, 0.25) is 0 Å². The summed E-state index contributed by atoms with van der Waals surface area (Å²) in [7, 11) is 0. The third-order valence-electron chi connectivity index (χ3n) is 4.45. The summed E-state index contributed by atoms with van der Waals surface area (Å²) < 4.78 is 6.47. The highest BCUT2D eigenvalue weighted by Crippen LogP contribution is 2.25. The van der Waals surface area contributed by atoms with E-state index in [1.807, 2.05) is 37.3 Å². The Labute approximate surface area is 175 Å². The van der Waals surface area contributed by atoms with E-state index in [2.05, 4.69) is 26.2 Å². The quantitative estimate of drug-likeness (QED) is 0.364. The van der Waals surface area contributed by atoms with E-state index in [9.17, 15) is 9.90 Å². The van der Waals surface area contributed by atoms with Gasteiger partial charge in [-0.15, -0.1) is 0 Å². The average Bonchev–Trinajstić information content (AvgIpc) is 3.15. The van der Waals surface area contributed by atoms with Gasteiger partial charge in [0.05, 0.1) is 5.69 Å². The molecule has 29 heavy (non-hydrogen) atoms. The molecule has 0 fully saturated rings. The zero-order valence-corrected chi connectivity index (χ0v) is 17.1. The first-order valence-corrected chi connectivity index (χ1v) is 9.72. The van der Waals surface area contributed by atoms with Gasteiger partial charge in [-0.05, 0) is 61.0 Å². The van der Waals surface area contributed by atoms with Crippen LogP contribution in [0.25, 0.3) is 11.0 Å². The van der Waals surface area contributed by atoms with Crippen LogP contribution in [0.3, 0.4) is 0 Å². The van der Waals surface area contributed by atoms with Gasteiger partial charge in [0.15, 0.2) is 5.76 Å². The van der Waals surface area contributed by atoms with Crippen LogP contribution in [0.1, 0.15) is 21.7 Å². The van der Waals surface area contributed by atoms with E-state index in [4.69, 9.17) is 4.42 Å². The lowest BCUT2D eigenvalue weighted by Crippen LogP contribution is -2.11. The molecule has 6 heteroatoms. The summed E-state index contributed by atoms with van der Waals surface area (Å²) in [5, 5.41) is 13.7. The number of nitrogens with one attached hydrogen (secondary N) is 1. The highest BCUT2D eigenvalue weighted by atomic mass is 79.9. The standard InChI is InChI=1S/C23H17BrN2O3/c1-14-10-18(25-13-16-11-17(24)6-9-20(16)27)7-8-19(14)26-23(28)22-12-15-4-2-3-5-21(15)29-22/h2-13,27H,1H3,(H,26,28). The minimum atomic E-state index is -0.306. The molecule has 1 amide bonds. The maximum Gasteiger partial charge on any atom is 0.291 e. The summed E-state index contributed by atoms with van der Waals surface area (Å²) in [5.41, 5.74) is 3.54. The molecule has 144 valence electrons. The Morgan fingerprint density at radius 2 is 1.93 bits per heavy atom. The zero-order valence-electron chi connectivity index (χ0n) is 15.5. The van der Waals surface area contributed by atoms with Crippen LogP contribution in [0.4, 0.5) is 11.4 Å². The van der Waals surface area contributed by atoms with Crippen molar-refractivity contribution in [3.8, 4) is 5.75 Å². The number of fused-ring (bicyclic) bond motifs is 1. The van der Waals surface area contributed by atoms with Crippen molar-refractivity contribution in [1.82, 2.24) is 0 Å². The second kappa shape index (κ2) is 7.93. The van der Waals surface area contributed by atoms with Crippen LogP contribution < -0.4 is 5.32 Å². The topological polar surface area (TPSA) is 74.8 Å². The number of aliphatic imine (C=N–C) groups is 1. The Kier molecular flexibility index (Phi) is 5.18. The van der Waals surface area contributed by atoms with Gasteiger partial charge in [-0.1, -0.05) is 34.1 Å². The van der Waals surface area contributed by atoms with E-state index in [-0.39, 0.29) is 17.4 Å². The number of carbonyl (C=O) groups is 1. The molecule has 1 heterocycles. The van der Waals surface area contributed by atoms with Crippen molar-refractivity contribution in [3.63, 3.8) is 0 Å². The van der Waals surface area contributed by atoms with Crippen molar-refractivity contribution in [1.29, 1.82) is 0 Å². The highest BCUT2D eigenvalue weighted by molar-refractivity contribution is 9.10. The molecule has 2 N–H and O–H groups in total. The second-order valence-corrected chi connectivity index (χ2v) is 7.48. The number of carbonyl (C=O) groups excluding carboxylic acids is 1. The third-order valence-corrected chi connectivity index (χ3v) is 4.94. The van der Waals surface area contributed by atoms with Gasteiger partial charge in [-0.25, -0.2) is 0 Å². The van der Waals surface area contributed by atoms with Crippen LogP contribution in [0.2, 0.25) is 0 Å². The molecular formula is C23H17BrN2O3. The number of rotatable bonds is 4. The van der Waals surface area contributed by atoms with Gasteiger partial charge < -0.3 is 14.8 Å². The molecular weight excluding hydrogens is 432 g/mol. The monoisotopic (exact) mass is 448 g/mol. The van der Waals surface area contributed by atoms with E-state index < -0.39 is 0 Å². The minimum absolute atomic E-state index is 0.156. The van der Waals surface area contributed by atoms with Crippen molar-refractivity contribution < 1.29 is 14.3 Å². The number of benzene rings is 3. The number of para-hydroxylation sites is 1. The molecule has 0 saturated heterocycles. The van der Waals surface area contributed by atoms with Crippen LogP contribution in [0.5, 0.6) is 5.75 Å². The number of furan rings is 1. The molecule has 0 unspecified atom stereocenters. The van der Waals surface area contributed by atoms with Gasteiger partial charge in [0.25, 0.3) is 5.91 Å². The van der Waals surface area contributed by atoms with E-state index in [1.165, 1.54) is 0 Å². The maximum absolute atomic E-state index is 12.5. The van der Waals surface area contributed by atoms with Gasteiger partial charge in [0, 0.05) is 27.3 Å². The molecule has 4 rings (SSSR count). The number of phenols is 1. The first-order chi connectivity index (χ1) is 14.0. The molecule has 0 spiro atoms. The SMILES string of the molecule is Cc1cc(N=Cc2cc(Br)ccc2O)ccc1NC(=O)c1cc2ccccc2o1. The number of halogens is 1. The molecule has 0 aliphatic carbocycles. The number of hydrogen-bond acceptors (Lipinski definition) is 4. The van der Waals surface area contributed by atoms with Crippen molar-refractivity contribution >= 4 is 50.4 Å². The van der Waals surface area contributed by atoms with E-state index >= 15 is 0 Å². The fourth-order valence-corrected chi connectivity index (χ4v) is 3.30. The van der Waals surface area contributed by atoms with Crippen LogP contribution in [0, 0.1) is 6.92 Å². The van der Waals surface area contributed by atoms with Crippen molar-refractivity contribution in [2.45, 2.75) is 6.92 Å². The number of amides is 1. The van der Waals surface area contributed by atoms with E-state index in [0.717, 1.165) is 15.4 Å². The molecule has 0 aliphatic heterocycles. The normalized spacial score (nSPS) is 11.2. The largest absolute Gasteiger partial charge is 0.507 e. The fourth-order valence-electron chi connectivity index (χ4n) is 2.92. The molecule has 0 atom stereocenters. The summed E-state index contributed by atoms with van der Waals surface area (Å²) >= 11 is 3.38.